The Morgan fingerprint density at radius 3 is 2.67 bits per heavy atom. The summed E-state index contributed by atoms with van der Waals surface area (Å²) in [6.45, 7) is 2.54. The largest absolute Gasteiger partial charge is 0.478 e. The lowest BCUT2D eigenvalue weighted by Gasteiger charge is -2.21. The summed E-state index contributed by atoms with van der Waals surface area (Å²) in [5.41, 5.74) is 2.48. The Morgan fingerprint density at radius 2 is 2.05 bits per heavy atom. The molecule has 1 N–H and O–H groups in total. The van der Waals surface area contributed by atoms with Crippen LogP contribution in [-0.2, 0) is 6.54 Å². The van der Waals surface area contributed by atoms with Crippen LogP contribution >= 0.6 is 15.9 Å². The first-order chi connectivity index (χ1) is 9.90. The number of aryl methyl sites for hydroxylation is 1. The van der Waals surface area contributed by atoms with Crippen LogP contribution in [0.25, 0.3) is 0 Å². The van der Waals surface area contributed by atoms with Crippen molar-refractivity contribution in [3.63, 3.8) is 0 Å². The van der Waals surface area contributed by atoms with Crippen LogP contribution in [0.2, 0.25) is 0 Å². The number of carbonyl (C=O) groups is 1. The topological polar surface area (TPSA) is 40.5 Å². The Kier molecular flexibility index (Phi) is 4.63. The van der Waals surface area contributed by atoms with Crippen molar-refractivity contribution in [3.8, 4) is 0 Å². The van der Waals surface area contributed by atoms with Crippen molar-refractivity contribution in [2.45, 2.75) is 13.5 Å². The van der Waals surface area contributed by atoms with Gasteiger partial charge in [0.15, 0.2) is 5.82 Å². The second-order valence-corrected chi connectivity index (χ2v) is 5.70. The molecule has 0 atom stereocenters. The van der Waals surface area contributed by atoms with Crippen LogP contribution in [0.1, 0.15) is 21.5 Å². The fraction of sp³-hybridized carbons (Fsp3) is 0.188. The predicted octanol–water partition coefficient (Wildman–Crippen LogP) is 4.23. The number of nitrogens with zero attached hydrogens (tertiary/aromatic N) is 1. The Labute approximate surface area is 131 Å². The molecular formula is C16H15BrFNO2. The molecule has 0 amide bonds. The first-order valence-corrected chi connectivity index (χ1v) is 7.17. The number of rotatable bonds is 4. The van der Waals surface area contributed by atoms with Crippen LogP contribution in [0.4, 0.5) is 10.1 Å². The second kappa shape index (κ2) is 6.26. The molecule has 21 heavy (non-hydrogen) atoms. The molecule has 0 fully saturated rings. The summed E-state index contributed by atoms with van der Waals surface area (Å²) in [5, 5.41) is 8.98. The second-order valence-electron chi connectivity index (χ2n) is 4.91. The summed E-state index contributed by atoms with van der Waals surface area (Å²) in [6.07, 6.45) is 0. The minimum Gasteiger partial charge on any atom is -0.478 e. The summed E-state index contributed by atoms with van der Waals surface area (Å²) in [4.78, 5) is 12.7. The highest BCUT2D eigenvalue weighted by molar-refractivity contribution is 9.10. The fourth-order valence-electron chi connectivity index (χ4n) is 2.17. The van der Waals surface area contributed by atoms with E-state index in [0.29, 0.717) is 12.2 Å². The Balaban J connectivity index is 2.29. The van der Waals surface area contributed by atoms with Crippen LogP contribution in [0.5, 0.6) is 0 Å². The molecule has 5 heteroatoms. The maximum absolute atomic E-state index is 14.3. The third-order valence-electron chi connectivity index (χ3n) is 3.21. The van der Waals surface area contributed by atoms with Gasteiger partial charge in [-0.25, -0.2) is 9.18 Å². The van der Waals surface area contributed by atoms with E-state index in [2.05, 4.69) is 15.9 Å². The van der Waals surface area contributed by atoms with Gasteiger partial charge in [0.25, 0.3) is 0 Å². The normalized spacial score (nSPS) is 10.5. The van der Waals surface area contributed by atoms with Crippen molar-refractivity contribution in [2.24, 2.45) is 0 Å². The van der Waals surface area contributed by atoms with Gasteiger partial charge in [-0.2, -0.15) is 0 Å². The lowest BCUT2D eigenvalue weighted by molar-refractivity contribution is 0.0695. The monoisotopic (exact) mass is 351 g/mol. The van der Waals surface area contributed by atoms with Crippen LogP contribution in [0.3, 0.4) is 0 Å². The van der Waals surface area contributed by atoms with E-state index < -0.39 is 11.8 Å². The molecule has 0 aliphatic rings. The molecule has 2 aromatic rings. The summed E-state index contributed by atoms with van der Waals surface area (Å²) in [6, 6.07) is 10.9. The molecule has 0 aromatic heterocycles. The molecule has 0 heterocycles. The van der Waals surface area contributed by atoms with Crippen molar-refractivity contribution in [2.75, 3.05) is 11.9 Å². The van der Waals surface area contributed by atoms with Crippen molar-refractivity contribution in [3.05, 3.63) is 63.4 Å². The highest BCUT2D eigenvalue weighted by Crippen LogP contribution is 2.29. The van der Waals surface area contributed by atoms with Gasteiger partial charge in [-0.15, -0.1) is 0 Å². The molecule has 0 saturated carbocycles. The zero-order valence-corrected chi connectivity index (χ0v) is 13.3. The summed E-state index contributed by atoms with van der Waals surface area (Å²) < 4.78 is 14.3. The highest BCUT2D eigenvalue weighted by atomic mass is 79.9. The van der Waals surface area contributed by atoms with E-state index in [1.165, 1.54) is 12.1 Å². The van der Waals surface area contributed by atoms with E-state index in [4.69, 9.17) is 5.11 Å². The number of aromatic carboxylic acids is 1. The average Bonchev–Trinajstić information content (AvgIpc) is 2.41. The quantitative estimate of drug-likeness (QED) is 0.895. The molecular weight excluding hydrogens is 337 g/mol. The van der Waals surface area contributed by atoms with E-state index in [1.807, 2.05) is 31.2 Å². The van der Waals surface area contributed by atoms with Crippen LogP contribution < -0.4 is 4.90 Å². The van der Waals surface area contributed by atoms with Gasteiger partial charge >= 0.3 is 5.97 Å². The number of hydrogen-bond acceptors (Lipinski definition) is 2. The minimum atomic E-state index is -1.16. The number of carboxylic acids is 1. The number of halogens is 2. The van der Waals surface area contributed by atoms with Crippen molar-refractivity contribution < 1.29 is 14.3 Å². The number of benzene rings is 2. The third-order valence-corrected chi connectivity index (χ3v) is 3.98. The number of hydrogen-bond donors (Lipinski definition) is 1. The van der Waals surface area contributed by atoms with Gasteiger partial charge in [0.2, 0.25) is 0 Å². The molecule has 2 rings (SSSR count). The highest BCUT2D eigenvalue weighted by Gasteiger charge is 2.18. The standard InChI is InChI=1S/C16H15BrFNO2/c1-10-4-3-5-11(8-10)9-19(2)13-7-6-12(16(20)21)14(17)15(13)18/h3-8H,9H2,1-2H3,(H,20,21). The number of carboxylic acid groups (broad SMARTS) is 1. The summed E-state index contributed by atoms with van der Waals surface area (Å²) in [5.74, 6) is -1.72. The average molecular weight is 352 g/mol. The Morgan fingerprint density at radius 1 is 1.33 bits per heavy atom. The van der Waals surface area contributed by atoms with Crippen molar-refractivity contribution in [1.29, 1.82) is 0 Å². The molecule has 0 aliphatic heterocycles. The van der Waals surface area contributed by atoms with Gasteiger partial charge in [0.1, 0.15) is 0 Å². The van der Waals surface area contributed by atoms with E-state index in [0.717, 1.165) is 11.1 Å². The van der Waals surface area contributed by atoms with E-state index in [9.17, 15) is 9.18 Å². The lowest BCUT2D eigenvalue weighted by Crippen LogP contribution is -2.18. The zero-order chi connectivity index (χ0) is 15.6. The van der Waals surface area contributed by atoms with Crippen molar-refractivity contribution >= 4 is 27.6 Å². The molecule has 0 bridgehead atoms. The smallest absolute Gasteiger partial charge is 0.336 e. The maximum Gasteiger partial charge on any atom is 0.336 e. The maximum atomic E-state index is 14.3. The first-order valence-electron chi connectivity index (χ1n) is 6.38. The molecule has 3 nitrogen and oxygen atoms in total. The molecule has 0 unspecified atom stereocenters. The van der Waals surface area contributed by atoms with Gasteiger partial charge in [0.05, 0.1) is 15.7 Å². The number of anilines is 1. The van der Waals surface area contributed by atoms with Crippen LogP contribution in [-0.4, -0.2) is 18.1 Å². The molecule has 0 spiro atoms. The van der Waals surface area contributed by atoms with Crippen LogP contribution in [0, 0.1) is 12.7 Å². The van der Waals surface area contributed by atoms with E-state index >= 15 is 0 Å². The van der Waals surface area contributed by atoms with Gasteiger partial charge in [-0.05, 0) is 40.5 Å². The van der Waals surface area contributed by atoms with Crippen LogP contribution in [0.15, 0.2) is 40.9 Å². The lowest BCUT2D eigenvalue weighted by atomic mass is 10.1. The summed E-state index contributed by atoms with van der Waals surface area (Å²) >= 11 is 3.01. The van der Waals surface area contributed by atoms with Gasteiger partial charge in [0, 0.05) is 13.6 Å². The molecule has 2 aromatic carbocycles. The fourth-order valence-corrected chi connectivity index (χ4v) is 2.67. The summed E-state index contributed by atoms with van der Waals surface area (Å²) in [7, 11) is 1.77. The molecule has 0 saturated heterocycles. The zero-order valence-electron chi connectivity index (χ0n) is 11.7. The van der Waals surface area contributed by atoms with E-state index in [-0.39, 0.29) is 10.0 Å². The Bertz CT molecular complexity index is 688. The molecule has 110 valence electrons. The SMILES string of the molecule is Cc1cccc(CN(C)c2ccc(C(=O)O)c(Br)c2F)c1. The molecule has 0 aliphatic carbocycles. The minimum absolute atomic E-state index is 0.0245. The van der Waals surface area contributed by atoms with E-state index in [1.54, 1.807) is 11.9 Å². The van der Waals surface area contributed by atoms with Gasteiger partial charge < -0.3 is 10.0 Å². The van der Waals surface area contributed by atoms with Crippen molar-refractivity contribution in [1.82, 2.24) is 0 Å². The first kappa shape index (κ1) is 15.5. The molecule has 0 radical (unpaired) electrons. The third kappa shape index (κ3) is 3.42. The van der Waals surface area contributed by atoms with Gasteiger partial charge in [-0.1, -0.05) is 29.8 Å². The predicted molar refractivity (Wildman–Crippen MR) is 84.3 cm³/mol. The Hall–Kier alpha value is -1.88. The van der Waals surface area contributed by atoms with Gasteiger partial charge in [-0.3, -0.25) is 0 Å².